The van der Waals surface area contributed by atoms with Gasteiger partial charge in [-0.25, -0.2) is 9.97 Å². The quantitative estimate of drug-likeness (QED) is 0.529. The van der Waals surface area contributed by atoms with Crippen LogP contribution in [0.3, 0.4) is 0 Å². The van der Waals surface area contributed by atoms with E-state index < -0.39 is 0 Å². The molecule has 1 saturated heterocycles. The first-order valence-electron chi connectivity index (χ1n) is 8.43. The van der Waals surface area contributed by atoms with Crippen molar-refractivity contribution in [3.63, 3.8) is 0 Å². The van der Waals surface area contributed by atoms with Gasteiger partial charge in [0, 0.05) is 42.2 Å². The predicted octanol–water partition coefficient (Wildman–Crippen LogP) is 3.46. The number of rotatable bonds is 4. The van der Waals surface area contributed by atoms with Crippen LogP contribution < -0.4 is 4.90 Å². The molecule has 1 fully saturated rings. The third-order valence-corrected chi connectivity index (χ3v) is 5.11. The van der Waals surface area contributed by atoms with E-state index in [-0.39, 0.29) is 0 Å². The lowest BCUT2D eigenvalue weighted by Gasteiger charge is -2.28. The molecule has 2 aromatic heterocycles. The highest BCUT2D eigenvalue weighted by Crippen LogP contribution is 2.26. The molecule has 5 nitrogen and oxygen atoms in total. The largest absolute Gasteiger partial charge is 0.378 e. The molecule has 0 amide bonds. The van der Waals surface area contributed by atoms with E-state index >= 15 is 0 Å². The molecule has 1 aromatic carbocycles. The minimum absolute atomic E-state index is 0.755. The van der Waals surface area contributed by atoms with Gasteiger partial charge in [-0.3, -0.25) is 4.98 Å². The van der Waals surface area contributed by atoms with Gasteiger partial charge < -0.3 is 9.64 Å². The molecular formula is C19H20N4OS. The summed E-state index contributed by atoms with van der Waals surface area (Å²) in [6.45, 7) is 5.29. The van der Waals surface area contributed by atoms with E-state index in [0.29, 0.717) is 0 Å². The molecule has 0 saturated carbocycles. The average molecular weight is 352 g/mol. The van der Waals surface area contributed by atoms with Gasteiger partial charge in [0.25, 0.3) is 0 Å². The fourth-order valence-corrected chi connectivity index (χ4v) is 3.84. The van der Waals surface area contributed by atoms with Crippen molar-refractivity contribution >= 4 is 28.4 Å². The minimum atomic E-state index is 0.755. The predicted molar refractivity (Wildman–Crippen MR) is 101 cm³/mol. The molecule has 6 heteroatoms. The Morgan fingerprint density at radius 1 is 1.12 bits per heavy atom. The maximum Gasteiger partial charge on any atom is 0.190 e. The van der Waals surface area contributed by atoms with Crippen molar-refractivity contribution in [2.24, 2.45) is 0 Å². The third-order valence-electron chi connectivity index (χ3n) is 4.25. The first-order chi connectivity index (χ1) is 12.3. The maximum atomic E-state index is 5.43. The smallest absolute Gasteiger partial charge is 0.190 e. The summed E-state index contributed by atoms with van der Waals surface area (Å²) in [6.07, 6.45) is 1.87. The number of hydrogen-bond acceptors (Lipinski definition) is 6. The number of pyridine rings is 1. The second kappa shape index (κ2) is 7.37. The molecule has 1 aliphatic heterocycles. The molecule has 4 rings (SSSR count). The number of fused-ring (bicyclic) bond motifs is 1. The second-order valence-electron chi connectivity index (χ2n) is 6.02. The lowest BCUT2D eigenvalue weighted by molar-refractivity contribution is 0.122. The summed E-state index contributed by atoms with van der Waals surface area (Å²) < 4.78 is 5.43. The van der Waals surface area contributed by atoms with E-state index in [1.807, 2.05) is 25.3 Å². The van der Waals surface area contributed by atoms with Gasteiger partial charge in [0.15, 0.2) is 5.16 Å². The van der Waals surface area contributed by atoms with Crippen molar-refractivity contribution in [1.29, 1.82) is 0 Å². The van der Waals surface area contributed by atoms with Crippen molar-refractivity contribution < 1.29 is 4.74 Å². The zero-order valence-electron chi connectivity index (χ0n) is 14.2. The van der Waals surface area contributed by atoms with Gasteiger partial charge in [0.1, 0.15) is 5.82 Å². The van der Waals surface area contributed by atoms with E-state index in [1.54, 1.807) is 11.8 Å². The summed E-state index contributed by atoms with van der Waals surface area (Å²) in [6, 6.07) is 12.4. The van der Waals surface area contributed by atoms with Gasteiger partial charge in [0.05, 0.1) is 18.9 Å². The first kappa shape index (κ1) is 16.3. The molecular weight excluding hydrogens is 332 g/mol. The zero-order valence-corrected chi connectivity index (χ0v) is 15.0. The summed E-state index contributed by atoms with van der Waals surface area (Å²) in [5.41, 5.74) is 2.06. The van der Waals surface area contributed by atoms with E-state index in [4.69, 9.17) is 9.72 Å². The number of nitrogens with zero attached hydrogens (tertiary/aromatic N) is 4. The van der Waals surface area contributed by atoms with Gasteiger partial charge in [-0.15, -0.1) is 0 Å². The Kier molecular flexibility index (Phi) is 4.81. The van der Waals surface area contributed by atoms with E-state index in [9.17, 15) is 0 Å². The monoisotopic (exact) mass is 352 g/mol. The molecule has 0 N–H and O–H groups in total. The molecule has 1 aliphatic rings. The van der Waals surface area contributed by atoms with Gasteiger partial charge in [-0.1, -0.05) is 36.0 Å². The molecule has 0 spiro atoms. The highest BCUT2D eigenvalue weighted by molar-refractivity contribution is 7.98. The van der Waals surface area contributed by atoms with Crippen LogP contribution in [-0.2, 0) is 10.5 Å². The van der Waals surface area contributed by atoms with Crippen LogP contribution in [0.2, 0.25) is 0 Å². The zero-order chi connectivity index (χ0) is 17.1. The number of ether oxygens (including phenoxy) is 1. The number of thioether (sulfide) groups is 1. The maximum absolute atomic E-state index is 5.43. The number of anilines is 1. The van der Waals surface area contributed by atoms with Gasteiger partial charge in [-0.05, 0) is 18.4 Å². The Balaban J connectivity index is 1.55. The number of hydrogen-bond donors (Lipinski definition) is 0. The molecule has 3 heterocycles. The molecule has 0 unspecified atom stereocenters. The summed E-state index contributed by atoms with van der Waals surface area (Å²) in [4.78, 5) is 16.2. The Morgan fingerprint density at radius 3 is 2.84 bits per heavy atom. The van der Waals surface area contributed by atoms with Crippen LogP contribution in [-0.4, -0.2) is 41.3 Å². The van der Waals surface area contributed by atoms with Crippen molar-refractivity contribution in [1.82, 2.24) is 15.0 Å². The molecule has 0 bridgehead atoms. The Labute approximate surface area is 151 Å². The van der Waals surface area contributed by atoms with E-state index in [0.717, 1.165) is 54.4 Å². The number of aromatic nitrogens is 3. The summed E-state index contributed by atoms with van der Waals surface area (Å²) >= 11 is 1.64. The fraction of sp³-hybridized carbons (Fsp3) is 0.316. The van der Waals surface area contributed by atoms with Crippen molar-refractivity contribution in [3.05, 3.63) is 54.0 Å². The molecule has 128 valence electrons. The number of morpholine rings is 1. The lowest BCUT2D eigenvalue weighted by Crippen LogP contribution is -2.36. The van der Waals surface area contributed by atoms with Crippen LogP contribution in [0.4, 0.5) is 5.82 Å². The van der Waals surface area contributed by atoms with Gasteiger partial charge in [-0.2, -0.15) is 0 Å². The van der Waals surface area contributed by atoms with Crippen LogP contribution in [0.25, 0.3) is 10.8 Å². The summed E-state index contributed by atoms with van der Waals surface area (Å²) in [7, 11) is 0. The highest BCUT2D eigenvalue weighted by atomic mass is 32.2. The van der Waals surface area contributed by atoms with E-state index in [1.165, 1.54) is 10.8 Å². The van der Waals surface area contributed by atoms with Crippen molar-refractivity contribution in [2.75, 3.05) is 31.2 Å². The third kappa shape index (κ3) is 3.75. The molecule has 0 aliphatic carbocycles. The number of aryl methyl sites for hydroxylation is 1. The fourth-order valence-electron chi connectivity index (χ4n) is 2.97. The highest BCUT2D eigenvalue weighted by Gasteiger charge is 2.14. The van der Waals surface area contributed by atoms with Crippen LogP contribution in [0, 0.1) is 6.92 Å². The van der Waals surface area contributed by atoms with Crippen LogP contribution >= 0.6 is 11.8 Å². The van der Waals surface area contributed by atoms with Crippen molar-refractivity contribution in [3.8, 4) is 0 Å². The Morgan fingerprint density at radius 2 is 1.96 bits per heavy atom. The van der Waals surface area contributed by atoms with Crippen LogP contribution in [0.1, 0.15) is 11.4 Å². The topological polar surface area (TPSA) is 51.1 Å². The number of benzene rings is 1. The first-order valence-corrected chi connectivity index (χ1v) is 9.42. The summed E-state index contributed by atoms with van der Waals surface area (Å²) in [5.74, 6) is 1.75. The van der Waals surface area contributed by atoms with Crippen LogP contribution in [0.5, 0.6) is 0 Å². The van der Waals surface area contributed by atoms with E-state index in [2.05, 4.69) is 39.1 Å². The average Bonchev–Trinajstić information content (AvgIpc) is 2.66. The second-order valence-corrected chi connectivity index (χ2v) is 6.96. The molecule has 0 radical (unpaired) electrons. The molecule has 25 heavy (non-hydrogen) atoms. The Bertz CT molecular complexity index is 875. The summed E-state index contributed by atoms with van der Waals surface area (Å²) in [5, 5.41) is 3.21. The van der Waals surface area contributed by atoms with Gasteiger partial charge >= 0.3 is 0 Å². The van der Waals surface area contributed by atoms with Crippen molar-refractivity contribution in [2.45, 2.75) is 17.8 Å². The molecule has 3 aromatic rings. The SMILES string of the molecule is Cc1cc(N2CCOCC2)nc(SCc2nccc3ccccc23)n1. The lowest BCUT2D eigenvalue weighted by atomic mass is 10.1. The van der Waals surface area contributed by atoms with Gasteiger partial charge in [0.2, 0.25) is 0 Å². The molecule has 0 atom stereocenters. The normalized spacial score (nSPS) is 14.8. The minimum Gasteiger partial charge on any atom is -0.378 e. The standard InChI is InChI=1S/C19H20N4OS/c1-14-12-18(23-8-10-24-11-9-23)22-19(21-14)25-13-17-16-5-3-2-4-15(16)6-7-20-17/h2-7,12H,8-11,13H2,1H3. The van der Waals surface area contributed by atoms with Crippen LogP contribution in [0.15, 0.2) is 47.8 Å². The Hall–Kier alpha value is -2.18.